The molecule has 2 aromatic rings. The van der Waals surface area contributed by atoms with Crippen LogP contribution in [0.1, 0.15) is 36.8 Å². The summed E-state index contributed by atoms with van der Waals surface area (Å²) >= 11 is 0. The van der Waals surface area contributed by atoms with Crippen molar-refractivity contribution in [2.75, 3.05) is 19.6 Å². The molecule has 0 aromatic heterocycles. The maximum atomic E-state index is 14.3. The minimum absolute atomic E-state index is 0.0320. The molecule has 2 heterocycles. The molecule has 4 rings (SSSR count). The fourth-order valence-corrected chi connectivity index (χ4v) is 5.68. The molecule has 9 nitrogen and oxygen atoms in total. The predicted molar refractivity (Wildman–Crippen MR) is 142 cm³/mol. The Morgan fingerprint density at radius 2 is 1.40 bits per heavy atom. The van der Waals surface area contributed by atoms with E-state index < -0.39 is 59.1 Å². The van der Waals surface area contributed by atoms with Crippen molar-refractivity contribution in [3.63, 3.8) is 0 Å². The molecule has 2 fully saturated rings. The predicted octanol–water partition coefficient (Wildman–Crippen LogP) is 0.884. The number of halogens is 2. The molecule has 0 radical (unpaired) electrons. The van der Waals surface area contributed by atoms with Crippen LogP contribution < -0.4 is 11.5 Å². The normalized spacial score (nSPS) is 22.4. The molecule has 2 saturated heterocycles. The maximum absolute atomic E-state index is 14.3. The Hall–Kier alpha value is -3.41. The molecule has 0 spiro atoms. The molecule has 3 amide bonds. The van der Waals surface area contributed by atoms with Crippen molar-refractivity contribution in [2.24, 2.45) is 17.4 Å². The van der Waals surface area contributed by atoms with Gasteiger partial charge in [0.2, 0.25) is 17.7 Å². The van der Waals surface area contributed by atoms with E-state index in [1.54, 1.807) is 0 Å². The van der Waals surface area contributed by atoms with E-state index in [9.17, 15) is 33.4 Å². The van der Waals surface area contributed by atoms with E-state index in [2.05, 4.69) is 0 Å². The SMILES string of the molecule is NC(=O)C1C[C@@H](O)CCN1C(=O)[C@@H](Cc1ccc(F)cc1)C(N)(Cc1ccc(F)cc1)C(=O)N1CCC(O)CC1. The third kappa shape index (κ3) is 6.65. The number of carbonyl (C=O) groups excluding carboxylic acids is 3. The first-order valence-electron chi connectivity index (χ1n) is 13.5. The van der Waals surface area contributed by atoms with Gasteiger partial charge in [0.25, 0.3) is 0 Å². The quantitative estimate of drug-likeness (QED) is 0.378. The van der Waals surface area contributed by atoms with Gasteiger partial charge in [0.1, 0.15) is 23.2 Å². The Balaban J connectivity index is 1.79. The fourth-order valence-electron chi connectivity index (χ4n) is 5.68. The van der Waals surface area contributed by atoms with Crippen molar-refractivity contribution in [2.45, 2.75) is 62.3 Å². The van der Waals surface area contributed by atoms with Gasteiger partial charge in [-0.05, 0) is 61.1 Å². The van der Waals surface area contributed by atoms with Crippen molar-refractivity contribution >= 4 is 17.7 Å². The lowest BCUT2D eigenvalue weighted by molar-refractivity contribution is -0.154. The number of hydrogen-bond donors (Lipinski definition) is 4. The van der Waals surface area contributed by atoms with Gasteiger partial charge >= 0.3 is 0 Å². The molecular weight excluding hydrogens is 522 g/mol. The average Bonchev–Trinajstić information content (AvgIpc) is 2.93. The minimum atomic E-state index is -1.86. The summed E-state index contributed by atoms with van der Waals surface area (Å²) in [6.45, 7) is 0.504. The van der Waals surface area contributed by atoms with Crippen LogP contribution in [0.2, 0.25) is 0 Å². The topological polar surface area (TPSA) is 150 Å². The highest BCUT2D eigenvalue weighted by Crippen LogP contribution is 2.32. The zero-order chi connectivity index (χ0) is 29.0. The molecule has 4 atom stereocenters. The van der Waals surface area contributed by atoms with Crippen LogP contribution in [-0.4, -0.2) is 81.2 Å². The van der Waals surface area contributed by atoms with Gasteiger partial charge in [0.15, 0.2) is 0 Å². The molecule has 40 heavy (non-hydrogen) atoms. The molecule has 0 bridgehead atoms. The number of aliphatic hydroxyl groups is 2. The van der Waals surface area contributed by atoms with Crippen LogP contribution in [0.5, 0.6) is 0 Å². The van der Waals surface area contributed by atoms with Crippen LogP contribution in [0, 0.1) is 17.6 Å². The van der Waals surface area contributed by atoms with Gasteiger partial charge in [-0.1, -0.05) is 24.3 Å². The van der Waals surface area contributed by atoms with Gasteiger partial charge in [-0.15, -0.1) is 0 Å². The highest BCUT2D eigenvalue weighted by molar-refractivity contribution is 5.96. The van der Waals surface area contributed by atoms with Gasteiger partial charge in [-0.2, -0.15) is 0 Å². The van der Waals surface area contributed by atoms with Crippen LogP contribution in [0.4, 0.5) is 8.78 Å². The van der Waals surface area contributed by atoms with E-state index in [1.807, 2.05) is 0 Å². The van der Waals surface area contributed by atoms with E-state index in [0.29, 0.717) is 24.0 Å². The number of hydrogen-bond acceptors (Lipinski definition) is 6. The number of nitrogens with zero attached hydrogens (tertiary/aromatic N) is 2. The van der Waals surface area contributed by atoms with Crippen LogP contribution in [0.3, 0.4) is 0 Å². The molecule has 0 aliphatic carbocycles. The highest BCUT2D eigenvalue weighted by Gasteiger charge is 2.51. The van der Waals surface area contributed by atoms with E-state index in [-0.39, 0.29) is 45.3 Å². The molecule has 2 aliphatic heterocycles. The standard InChI is InChI=1S/C29H36F2N4O5/c30-20-5-1-18(2-6-20)15-24(27(39)35-14-11-23(37)16-25(35)26(32)38)29(33,17-19-3-7-21(31)8-4-19)28(40)34-12-9-22(36)10-13-34/h1-8,22-25,36-37H,9-17,33H2,(H2,32,38)/t23-,24+,25?,29?/m0/s1. The Morgan fingerprint density at radius 1 is 0.875 bits per heavy atom. The Labute approximate surface area is 231 Å². The molecule has 11 heteroatoms. The Kier molecular flexibility index (Phi) is 9.17. The van der Waals surface area contributed by atoms with Crippen molar-refractivity contribution < 1.29 is 33.4 Å². The minimum Gasteiger partial charge on any atom is -0.393 e. The number of amides is 3. The maximum Gasteiger partial charge on any atom is 0.243 e. The monoisotopic (exact) mass is 558 g/mol. The lowest BCUT2D eigenvalue weighted by Crippen LogP contribution is -2.67. The smallest absolute Gasteiger partial charge is 0.243 e. The summed E-state index contributed by atoms with van der Waals surface area (Å²) in [6, 6.07) is 9.86. The van der Waals surface area contributed by atoms with Crippen molar-refractivity contribution in [1.29, 1.82) is 0 Å². The summed E-state index contributed by atoms with van der Waals surface area (Å²) < 4.78 is 27.4. The van der Waals surface area contributed by atoms with Crippen molar-refractivity contribution in [3.8, 4) is 0 Å². The number of piperidine rings is 2. The van der Waals surface area contributed by atoms with Gasteiger partial charge in [0.05, 0.1) is 18.1 Å². The van der Waals surface area contributed by atoms with Gasteiger partial charge in [-0.25, -0.2) is 8.78 Å². The average molecular weight is 559 g/mol. The fraction of sp³-hybridized carbons (Fsp3) is 0.483. The number of benzene rings is 2. The number of rotatable bonds is 8. The third-order valence-corrected chi connectivity index (χ3v) is 8.02. The van der Waals surface area contributed by atoms with Crippen molar-refractivity contribution in [3.05, 3.63) is 71.3 Å². The summed E-state index contributed by atoms with van der Waals surface area (Å²) in [7, 11) is 0. The van der Waals surface area contributed by atoms with Crippen LogP contribution in [-0.2, 0) is 27.2 Å². The second kappa shape index (κ2) is 12.4. The number of nitrogens with two attached hydrogens (primary N) is 2. The zero-order valence-electron chi connectivity index (χ0n) is 22.2. The summed E-state index contributed by atoms with van der Waals surface area (Å²) in [6.07, 6.45) is -0.680. The Bertz CT molecular complexity index is 1200. The van der Waals surface area contributed by atoms with E-state index in [1.165, 1.54) is 58.3 Å². The van der Waals surface area contributed by atoms with Crippen LogP contribution in [0.15, 0.2) is 48.5 Å². The molecule has 2 aliphatic rings. The molecular formula is C29H36F2N4O5. The molecule has 2 aromatic carbocycles. The van der Waals surface area contributed by atoms with E-state index in [0.717, 1.165) is 0 Å². The summed E-state index contributed by atoms with van der Waals surface area (Å²) in [5.41, 5.74) is 11.8. The van der Waals surface area contributed by atoms with Gasteiger partial charge < -0.3 is 31.5 Å². The molecule has 2 unspecified atom stereocenters. The number of aliphatic hydroxyl groups excluding tert-OH is 2. The van der Waals surface area contributed by atoms with E-state index >= 15 is 0 Å². The highest BCUT2D eigenvalue weighted by atomic mass is 19.1. The number of carbonyl (C=O) groups is 3. The number of primary amides is 1. The second-order valence-corrected chi connectivity index (χ2v) is 10.9. The third-order valence-electron chi connectivity index (χ3n) is 8.02. The largest absolute Gasteiger partial charge is 0.393 e. The lowest BCUT2D eigenvalue weighted by atomic mass is 9.74. The molecule has 0 saturated carbocycles. The Morgan fingerprint density at radius 3 is 1.95 bits per heavy atom. The lowest BCUT2D eigenvalue weighted by Gasteiger charge is -2.44. The number of likely N-dealkylation sites (tertiary alicyclic amines) is 2. The zero-order valence-corrected chi connectivity index (χ0v) is 22.2. The summed E-state index contributed by atoms with van der Waals surface area (Å²) in [4.78, 5) is 43.7. The first-order chi connectivity index (χ1) is 19.0. The van der Waals surface area contributed by atoms with Gasteiger partial charge in [0, 0.05) is 32.5 Å². The van der Waals surface area contributed by atoms with Crippen molar-refractivity contribution in [1.82, 2.24) is 9.80 Å². The van der Waals surface area contributed by atoms with Crippen LogP contribution >= 0.6 is 0 Å². The first-order valence-corrected chi connectivity index (χ1v) is 13.5. The molecule has 6 N–H and O–H groups in total. The van der Waals surface area contributed by atoms with Gasteiger partial charge in [-0.3, -0.25) is 14.4 Å². The molecule has 216 valence electrons. The summed E-state index contributed by atoms with van der Waals surface area (Å²) in [5.74, 6) is -4.06. The summed E-state index contributed by atoms with van der Waals surface area (Å²) in [5, 5.41) is 20.2. The van der Waals surface area contributed by atoms with E-state index in [4.69, 9.17) is 11.5 Å². The van der Waals surface area contributed by atoms with Crippen LogP contribution in [0.25, 0.3) is 0 Å². The second-order valence-electron chi connectivity index (χ2n) is 10.9. The first kappa shape index (κ1) is 29.6.